The van der Waals surface area contributed by atoms with Gasteiger partial charge >= 0.3 is 17.1 Å². The number of hydrogen-bond donors (Lipinski definition) is 3. The molecule has 354 valence electrons. The van der Waals surface area contributed by atoms with Gasteiger partial charge in [0, 0.05) is 19.6 Å². The van der Waals surface area contributed by atoms with Crippen LogP contribution in [0.15, 0.2) is 14.4 Å². The van der Waals surface area contributed by atoms with Crippen LogP contribution in [0.1, 0.15) is 212 Å². The molecule has 1 aromatic heterocycles. The molecule has 0 spiro atoms. The minimum Gasteiger partial charge on any atom is -0.247 e. The number of rotatable bonds is 48. The highest BCUT2D eigenvalue weighted by molar-refractivity contribution is 7.99. The van der Waals surface area contributed by atoms with E-state index in [4.69, 9.17) is 0 Å². The quantitative estimate of drug-likeness (QED) is 0.0447. The van der Waals surface area contributed by atoms with Crippen LogP contribution in [-0.4, -0.2) is 65.5 Å². The molecule has 0 bridgehead atoms. The molecule has 0 saturated heterocycles. The van der Waals surface area contributed by atoms with E-state index in [1.165, 1.54) is 206 Å². The molecule has 0 radical (unpaired) electrons. The Hall–Kier alpha value is 0.510. The number of unbranched alkanes of at least 4 members (excludes halogenated alkanes) is 27. The molecule has 0 aromatic carbocycles. The van der Waals surface area contributed by atoms with Gasteiger partial charge in [0.15, 0.2) is 0 Å². The molecule has 1 rings (SSSR count). The van der Waals surface area contributed by atoms with Gasteiger partial charge in [-0.05, 0) is 110 Å². The van der Waals surface area contributed by atoms with Crippen LogP contribution in [0, 0.1) is 0 Å². The molecule has 0 N–H and O–H groups in total. The van der Waals surface area contributed by atoms with E-state index in [-0.39, 0.29) is 0 Å². The summed E-state index contributed by atoms with van der Waals surface area (Å²) in [5.74, 6) is 9.22. The fourth-order valence-corrected chi connectivity index (χ4v) is 11.2. The Labute approximate surface area is 398 Å². The summed E-state index contributed by atoms with van der Waals surface area (Å²) < 4.78 is 4.10. The van der Waals surface area contributed by atoms with E-state index in [2.05, 4.69) is 37.9 Å². The Morgan fingerprint density at radius 2 is 0.417 bits per heavy atom. The predicted molar refractivity (Wildman–Crippen MR) is 285 cm³/mol. The van der Waals surface area contributed by atoms with E-state index < -0.39 is 17.1 Å². The van der Waals surface area contributed by atoms with Crippen molar-refractivity contribution in [2.45, 2.75) is 232 Å². The third kappa shape index (κ3) is 33.9. The fraction of sp³-hybridized carbons (Fsp3) is 0.938. The molecular formula is C48H93N3O3S6. The van der Waals surface area contributed by atoms with Gasteiger partial charge in [-0.3, -0.25) is 0 Å². The van der Waals surface area contributed by atoms with Crippen molar-refractivity contribution in [2.75, 3.05) is 51.8 Å². The SMILES string of the molecule is O=c1n(CCCSCCCCCCCCCCCCS)c(=O)n(CCCSCCCCCCCCCCCCS)c(=O)n1CCCSCCCCCCCCCCCCS. The summed E-state index contributed by atoms with van der Waals surface area (Å²) in [7, 11) is 0. The van der Waals surface area contributed by atoms with Crippen LogP contribution in [0.3, 0.4) is 0 Å². The maximum Gasteiger partial charge on any atom is 0.336 e. The van der Waals surface area contributed by atoms with E-state index >= 15 is 0 Å². The van der Waals surface area contributed by atoms with E-state index in [9.17, 15) is 14.4 Å². The van der Waals surface area contributed by atoms with Gasteiger partial charge in [0.25, 0.3) is 0 Å². The average Bonchev–Trinajstić information content (AvgIpc) is 3.25. The van der Waals surface area contributed by atoms with Crippen molar-refractivity contribution in [3.63, 3.8) is 0 Å². The van der Waals surface area contributed by atoms with Gasteiger partial charge in [0.05, 0.1) is 0 Å². The molecule has 0 aliphatic carbocycles. The normalized spacial score (nSPS) is 11.7. The summed E-state index contributed by atoms with van der Waals surface area (Å²) in [5, 5.41) is 0. The van der Waals surface area contributed by atoms with Gasteiger partial charge in [-0.2, -0.15) is 73.2 Å². The molecule has 0 unspecified atom stereocenters. The lowest BCUT2D eigenvalue weighted by Gasteiger charge is -2.14. The molecule has 1 heterocycles. The molecule has 12 heteroatoms. The summed E-state index contributed by atoms with van der Waals surface area (Å²) >= 11 is 18.7. The Balaban J connectivity index is 2.49. The summed E-state index contributed by atoms with van der Waals surface area (Å²) in [6, 6.07) is 0. The van der Waals surface area contributed by atoms with Gasteiger partial charge in [0.1, 0.15) is 0 Å². The van der Waals surface area contributed by atoms with Gasteiger partial charge in [-0.15, -0.1) is 0 Å². The molecule has 1 aromatic rings. The van der Waals surface area contributed by atoms with Crippen molar-refractivity contribution in [2.24, 2.45) is 0 Å². The first-order valence-corrected chi connectivity index (χ1v) is 30.4. The fourth-order valence-electron chi connectivity index (χ4n) is 7.73. The maximum absolute atomic E-state index is 13.6. The zero-order chi connectivity index (χ0) is 43.4. The predicted octanol–water partition coefficient (Wildman–Crippen LogP) is 14.0. The average molecular weight is 953 g/mol. The molecule has 0 aliphatic heterocycles. The third-order valence-corrected chi connectivity index (χ3v) is 15.9. The van der Waals surface area contributed by atoms with Crippen LogP contribution in [0.5, 0.6) is 0 Å². The second kappa shape index (κ2) is 46.1. The van der Waals surface area contributed by atoms with E-state index in [0.717, 1.165) is 71.0 Å². The Kier molecular flexibility index (Phi) is 44.9. The molecule has 0 fully saturated rings. The van der Waals surface area contributed by atoms with Crippen molar-refractivity contribution >= 4 is 73.2 Å². The van der Waals surface area contributed by atoms with E-state index in [1.54, 1.807) is 0 Å². The Morgan fingerprint density at radius 3 is 0.617 bits per heavy atom. The first kappa shape index (κ1) is 58.5. The van der Waals surface area contributed by atoms with Crippen molar-refractivity contribution < 1.29 is 0 Å². The van der Waals surface area contributed by atoms with Crippen molar-refractivity contribution in [3.8, 4) is 0 Å². The number of aromatic nitrogens is 3. The first-order chi connectivity index (χ1) is 29.6. The minimum atomic E-state index is -0.414. The highest BCUT2D eigenvalue weighted by Gasteiger charge is 2.15. The smallest absolute Gasteiger partial charge is 0.247 e. The van der Waals surface area contributed by atoms with Gasteiger partial charge in [-0.1, -0.05) is 154 Å². The van der Waals surface area contributed by atoms with Gasteiger partial charge in [0.2, 0.25) is 0 Å². The van der Waals surface area contributed by atoms with Crippen LogP contribution in [0.2, 0.25) is 0 Å². The monoisotopic (exact) mass is 952 g/mol. The molecule has 0 saturated carbocycles. The zero-order valence-electron chi connectivity index (χ0n) is 38.5. The first-order valence-electron chi connectivity index (χ1n) is 25.1. The molecule has 0 amide bonds. The lowest BCUT2D eigenvalue weighted by molar-refractivity contribution is 0.440. The van der Waals surface area contributed by atoms with Crippen LogP contribution in [0.25, 0.3) is 0 Å². The van der Waals surface area contributed by atoms with Crippen LogP contribution in [0.4, 0.5) is 0 Å². The van der Waals surface area contributed by atoms with Crippen molar-refractivity contribution in [3.05, 3.63) is 31.5 Å². The van der Waals surface area contributed by atoms with Crippen molar-refractivity contribution in [1.82, 2.24) is 13.7 Å². The van der Waals surface area contributed by atoms with Crippen LogP contribution in [-0.2, 0) is 19.6 Å². The molecular weight excluding hydrogens is 859 g/mol. The minimum absolute atomic E-state index is 0.383. The lowest BCUT2D eigenvalue weighted by Crippen LogP contribution is -2.54. The summed E-state index contributed by atoms with van der Waals surface area (Å²) in [6.45, 7) is 1.15. The molecule has 6 nitrogen and oxygen atoms in total. The molecule has 0 aliphatic rings. The standard InChI is InChI=1S/C48H93N3O3S6/c52-46-49(34-31-43-58-40-28-22-16-10-4-1-7-13-19-25-37-55)47(53)51(36-33-45-60-42-30-24-18-12-6-3-9-15-21-27-39-57)48(54)50(46)35-32-44-59-41-29-23-17-11-5-2-8-14-20-26-38-56/h55-57H,1-45H2. The van der Waals surface area contributed by atoms with Crippen LogP contribution < -0.4 is 17.1 Å². The van der Waals surface area contributed by atoms with Crippen molar-refractivity contribution in [1.29, 1.82) is 0 Å². The summed E-state index contributed by atoms with van der Waals surface area (Å²) in [5.41, 5.74) is -1.24. The highest BCUT2D eigenvalue weighted by atomic mass is 32.2. The number of nitrogens with zero attached hydrogens (tertiary/aromatic N) is 3. The van der Waals surface area contributed by atoms with E-state index in [0.29, 0.717) is 19.6 Å². The summed E-state index contributed by atoms with van der Waals surface area (Å²) in [6.07, 6.45) is 41.9. The van der Waals surface area contributed by atoms with Gasteiger partial charge in [-0.25, -0.2) is 28.1 Å². The van der Waals surface area contributed by atoms with Gasteiger partial charge < -0.3 is 0 Å². The zero-order valence-corrected chi connectivity index (χ0v) is 43.6. The van der Waals surface area contributed by atoms with Crippen LogP contribution >= 0.6 is 73.2 Å². The maximum atomic E-state index is 13.6. The second-order valence-corrected chi connectivity index (χ2v) is 22.0. The number of thioether (sulfide) groups is 3. The summed E-state index contributed by atoms with van der Waals surface area (Å²) in [4.78, 5) is 40.9. The number of thiol groups is 3. The molecule has 0 atom stereocenters. The largest absolute Gasteiger partial charge is 0.336 e. The molecule has 60 heavy (non-hydrogen) atoms. The topological polar surface area (TPSA) is 66.0 Å². The Bertz CT molecular complexity index is 1070. The second-order valence-electron chi connectivity index (χ2n) is 17.0. The third-order valence-electron chi connectivity index (χ3n) is 11.5. The lowest BCUT2D eigenvalue weighted by atomic mass is 10.1. The number of hydrogen-bond acceptors (Lipinski definition) is 9. The Morgan fingerprint density at radius 1 is 0.250 bits per heavy atom. The van der Waals surface area contributed by atoms with E-state index in [1.807, 2.05) is 35.3 Å². The highest BCUT2D eigenvalue weighted by Crippen LogP contribution is 2.16.